The molecule has 0 saturated carbocycles. The number of halogens is 1. The Morgan fingerprint density at radius 3 is 2.27 bits per heavy atom. The lowest BCUT2D eigenvalue weighted by Crippen LogP contribution is -1.86. The number of hydrogen-bond donors (Lipinski definition) is 2. The molecule has 2 N–H and O–H groups in total. The minimum absolute atomic E-state index is 0.0769. The van der Waals surface area contributed by atoms with Crippen molar-refractivity contribution in [3.05, 3.63) is 23.0 Å². The molecule has 0 heterocycles. The summed E-state index contributed by atoms with van der Waals surface area (Å²) in [7, 11) is 0. The lowest BCUT2D eigenvalue weighted by Gasteiger charge is -2.05. The highest BCUT2D eigenvalue weighted by atomic mass is 19.1. The first-order valence-corrected chi connectivity index (χ1v) is 3.21. The Morgan fingerprint density at radius 2 is 1.73 bits per heavy atom. The predicted molar refractivity (Wildman–Crippen MR) is 39.2 cm³/mol. The van der Waals surface area contributed by atoms with Crippen molar-refractivity contribution < 1.29 is 14.6 Å². The molecule has 0 unspecified atom stereocenters. The quantitative estimate of drug-likeness (QED) is 0.563. The van der Waals surface area contributed by atoms with Gasteiger partial charge in [0.2, 0.25) is 0 Å². The largest absolute Gasteiger partial charge is 0.504 e. The molecule has 0 saturated heterocycles. The fourth-order valence-electron chi connectivity index (χ4n) is 0.844. The van der Waals surface area contributed by atoms with E-state index in [0.29, 0.717) is 5.56 Å². The Balaban J connectivity index is 3.46. The van der Waals surface area contributed by atoms with Gasteiger partial charge in [0, 0.05) is 5.56 Å². The van der Waals surface area contributed by atoms with Crippen molar-refractivity contribution in [3.63, 3.8) is 0 Å². The maximum Gasteiger partial charge on any atom is 0.163 e. The van der Waals surface area contributed by atoms with E-state index in [-0.39, 0.29) is 17.1 Å². The molecule has 0 aliphatic rings. The maximum absolute atomic E-state index is 12.7. The van der Waals surface area contributed by atoms with Crippen molar-refractivity contribution in [3.8, 4) is 11.5 Å². The van der Waals surface area contributed by atoms with Gasteiger partial charge in [-0.15, -0.1) is 0 Å². The number of rotatable bonds is 0. The van der Waals surface area contributed by atoms with Crippen LogP contribution in [0.3, 0.4) is 0 Å². The zero-order valence-corrected chi connectivity index (χ0v) is 6.35. The maximum atomic E-state index is 12.7. The first-order chi connectivity index (χ1) is 5.04. The van der Waals surface area contributed by atoms with Crippen LogP contribution in [-0.2, 0) is 0 Å². The first-order valence-electron chi connectivity index (χ1n) is 3.21. The summed E-state index contributed by atoms with van der Waals surface area (Å²) in [6, 6.07) is 1.18. The van der Waals surface area contributed by atoms with Gasteiger partial charge in [-0.3, -0.25) is 0 Å². The second kappa shape index (κ2) is 2.42. The summed E-state index contributed by atoms with van der Waals surface area (Å²) in [4.78, 5) is 0. The van der Waals surface area contributed by atoms with Crippen LogP contribution < -0.4 is 0 Å². The Labute approximate surface area is 63.9 Å². The summed E-state index contributed by atoms with van der Waals surface area (Å²) in [5.74, 6) is -1.12. The third-order valence-corrected chi connectivity index (χ3v) is 1.65. The zero-order chi connectivity index (χ0) is 8.59. The van der Waals surface area contributed by atoms with Crippen molar-refractivity contribution in [2.45, 2.75) is 13.8 Å². The SMILES string of the molecule is Cc1cc(F)c(C)c(O)c1O. The highest BCUT2D eigenvalue weighted by Crippen LogP contribution is 2.33. The van der Waals surface area contributed by atoms with Crippen LogP contribution in [0.2, 0.25) is 0 Å². The molecular weight excluding hydrogens is 147 g/mol. The molecule has 0 fully saturated rings. The minimum atomic E-state index is -0.502. The van der Waals surface area contributed by atoms with Crippen LogP contribution in [0.25, 0.3) is 0 Å². The van der Waals surface area contributed by atoms with Gasteiger partial charge in [0.25, 0.3) is 0 Å². The number of aryl methyl sites for hydroxylation is 1. The molecule has 0 amide bonds. The van der Waals surface area contributed by atoms with Gasteiger partial charge in [-0.1, -0.05) is 0 Å². The van der Waals surface area contributed by atoms with Crippen molar-refractivity contribution in [1.82, 2.24) is 0 Å². The molecule has 3 heteroatoms. The predicted octanol–water partition coefficient (Wildman–Crippen LogP) is 1.85. The van der Waals surface area contributed by atoms with Gasteiger partial charge in [0.15, 0.2) is 11.5 Å². The van der Waals surface area contributed by atoms with Crippen LogP contribution in [0.5, 0.6) is 11.5 Å². The molecule has 1 aromatic rings. The summed E-state index contributed by atoms with van der Waals surface area (Å²) < 4.78 is 12.7. The number of benzene rings is 1. The Morgan fingerprint density at radius 1 is 1.18 bits per heavy atom. The van der Waals surface area contributed by atoms with Gasteiger partial charge in [0.05, 0.1) is 0 Å². The second-order valence-electron chi connectivity index (χ2n) is 2.50. The van der Waals surface area contributed by atoms with E-state index < -0.39 is 5.82 Å². The summed E-state index contributed by atoms with van der Waals surface area (Å²) in [5.41, 5.74) is 0.415. The van der Waals surface area contributed by atoms with Crippen LogP contribution in [0.4, 0.5) is 4.39 Å². The molecule has 0 radical (unpaired) electrons. The molecule has 0 atom stereocenters. The molecule has 1 aromatic carbocycles. The fraction of sp³-hybridized carbons (Fsp3) is 0.250. The van der Waals surface area contributed by atoms with Crippen LogP contribution in [0.1, 0.15) is 11.1 Å². The van der Waals surface area contributed by atoms with Crippen LogP contribution in [-0.4, -0.2) is 10.2 Å². The Bertz CT molecular complexity index is 268. The lowest BCUT2D eigenvalue weighted by atomic mass is 10.1. The van der Waals surface area contributed by atoms with E-state index in [1.165, 1.54) is 19.9 Å². The lowest BCUT2D eigenvalue weighted by molar-refractivity contribution is 0.393. The molecule has 1 rings (SSSR count). The second-order valence-corrected chi connectivity index (χ2v) is 2.50. The average Bonchev–Trinajstić information content (AvgIpc) is 1.97. The summed E-state index contributed by atoms with van der Waals surface area (Å²) in [5, 5.41) is 18.2. The number of aromatic hydroxyl groups is 2. The highest BCUT2D eigenvalue weighted by Gasteiger charge is 2.10. The molecule has 0 aliphatic heterocycles. The highest BCUT2D eigenvalue weighted by molar-refractivity contribution is 5.49. The first kappa shape index (κ1) is 7.85. The van der Waals surface area contributed by atoms with Crippen LogP contribution in [0, 0.1) is 19.7 Å². The standard InChI is InChI=1S/C8H9FO2/c1-4-3-6(9)5(2)8(11)7(4)10/h3,10-11H,1-2H3. The van der Waals surface area contributed by atoms with Gasteiger partial charge >= 0.3 is 0 Å². The molecule has 0 aliphatic carbocycles. The van der Waals surface area contributed by atoms with Crippen LogP contribution >= 0.6 is 0 Å². The van der Waals surface area contributed by atoms with E-state index in [9.17, 15) is 4.39 Å². The summed E-state index contributed by atoms with van der Waals surface area (Å²) in [6.45, 7) is 2.93. The fourth-order valence-corrected chi connectivity index (χ4v) is 0.844. The normalized spacial score (nSPS) is 10.1. The Hall–Kier alpha value is -1.25. The van der Waals surface area contributed by atoms with Gasteiger partial charge in [0.1, 0.15) is 5.82 Å². The van der Waals surface area contributed by atoms with E-state index in [1.807, 2.05) is 0 Å². The topological polar surface area (TPSA) is 40.5 Å². The molecule has 11 heavy (non-hydrogen) atoms. The van der Waals surface area contributed by atoms with E-state index in [0.717, 1.165) is 0 Å². The minimum Gasteiger partial charge on any atom is -0.504 e. The van der Waals surface area contributed by atoms with E-state index >= 15 is 0 Å². The van der Waals surface area contributed by atoms with E-state index in [1.54, 1.807) is 0 Å². The molecule has 0 bridgehead atoms. The van der Waals surface area contributed by atoms with Gasteiger partial charge < -0.3 is 10.2 Å². The Kier molecular flexibility index (Phi) is 1.72. The molecule has 0 spiro atoms. The van der Waals surface area contributed by atoms with Crippen molar-refractivity contribution in [2.75, 3.05) is 0 Å². The molecule has 0 aromatic heterocycles. The van der Waals surface area contributed by atoms with Crippen molar-refractivity contribution in [2.24, 2.45) is 0 Å². The van der Waals surface area contributed by atoms with Gasteiger partial charge in [-0.25, -0.2) is 4.39 Å². The van der Waals surface area contributed by atoms with E-state index in [4.69, 9.17) is 10.2 Å². The molecular formula is C8H9FO2. The molecule has 60 valence electrons. The summed E-state index contributed by atoms with van der Waals surface area (Å²) >= 11 is 0. The monoisotopic (exact) mass is 156 g/mol. The molecule has 2 nitrogen and oxygen atoms in total. The van der Waals surface area contributed by atoms with Gasteiger partial charge in [-0.2, -0.15) is 0 Å². The summed E-state index contributed by atoms with van der Waals surface area (Å²) in [6.07, 6.45) is 0. The van der Waals surface area contributed by atoms with E-state index in [2.05, 4.69) is 0 Å². The van der Waals surface area contributed by atoms with Crippen molar-refractivity contribution in [1.29, 1.82) is 0 Å². The smallest absolute Gasteiger partial charge is 0.163 e. The van der Waals surface area contributed by atoms with Gasteiger partial charge in [-0.05, 0) is 25.5 Å². The number of hydrogen-bond acceptors (Lipinski definition) is 2. The average molecular weight is 156 g/mol. The third kappa shape index (κ3) is 1.13. The van der Waals surface area contributed by atoms with Crippen LogP contribution in [0.15, 0.2) is 6.07 Å². The zero-order valence-electron chi connectivity index (χ0n) is 6.35. The number of phenolic OH excluding ortho intramolecular Hbond substituents is 2. The third-order valence-electron chi connectivity index (χ3n) is 1.65. The number of phenols is 2. The van der Waals surface area contributed by atoms with Crippen molar-refractivity contribution >= 4 is 0 Å².